The number of hydrazine groups is 1. The van der Waals surface area contributed by atoms with E-state index in [1.54, 1.807) is 42.6 Å². The summed E-state index contributed by atoms with van der Waals surface area (Å²) in [5.74, 6) is 1.64. The first kappa shape index (κ1) is 17.9. The van der Waals surface area contributed by atoms with E-state index in [-0.39, 0.29) is 5.69 Å². The number of nitrogens with zero attached hydrogens (tertiary/aromatic N) is 4. The molecule has 1 N–H and O–H groups in total. The molecule has 2 heterocycles. The lowest BCUT2D eigenvalue weighted by molar-refractivity contribution is -0.107. The van der Waals surface area contributed by atoms with Gasteiger partial charge in [0.1, 0.15) is 23.3 Å². The number of rotatable bonds is 7. The Kier molecular flexibility index (Phi) is 5.60. The molecule has 2 aromatic heterocycles. The second kappa shape index (κ2) is 8.45. The van der Waals surface area contributed by atoms with Crippen molar-refractivity contribution in [2.45, 2.75) is 13.3 Å². The van der Waals surface area contributed by atoms with Crippen LogP contribution in [0.2, 0.25) is 0 Å². The van der Waals surface area contributed by atoms with E-state index in [2.05, 4.69) is 15.4 Å². The zero-order valence-corrected chi connectivity index (χ0v) is 14.7. The average Bonchev–Trinajstić information content (AvgIpc) is 2.73. The van der Waals surface area contributed by atoms with Crippen LogP contribution in [-0.2, 0) is 11.2 Å². The Labute approximate surface area is 156 Å². The van der Waals surface area contributed by atoms with Crippen molar-refractivity contribution in [2.24, 2.45) is 0 Å². The Balaban J connectivity index is 1.70. The fourth-order valence-electron chi connectivity index (χ4n) is 2.36. The van der Waals surface area contributed by atoms with Gasteiger partial charge in [-0.25, -0.2) is 15.0 Å². The molecule has 3 rings (SSSR count). The Morgan fingerprint density at radius 3 is 2.59 bits per heavy atom. The van der Waals surface area contributed by atoms with E-state index in [9.17, 15) is 4.79 Å². The van der Waals surface area contributed by atoms with Crippen molar-refractivity contribution in [1.29, 1.82) is 5.26 Å². The number of aryl methyl sites for hydroxylation is 1. The number of hydrogen-bond acceptors (Lipinski definition) is 6. The van der Waals surface area contributed by atoms with E-state index in [0.717, 1.165) is 12.0 Å². The average molecular weight is 359 g/mol. The molecule has 134 valence electrons. The number of aromatic nitrogens is 2. The summed E-state index contributed by atoms with van der Waals surface area (Å²) in [6.07, 6.45) is 4.72. The van der Waals surface area contributed by atoms with Gasteiger partial charge >= 0.3 is 0 Å². The zero-order valence-electron chi connectivity index (χ0n) is 14.7. The van der Waals surface area contributed by atoms with E-state index < -0.39 is 0 Å². The predicted octanol–water partition coefficient (Wildman–Crippen LogP) is 3.69. The molecule has 0 saturated carbocycles. The van der Waals surface area contributed by atoms with Crippen molar-refractivity contribution < 1.29 is 9.53 Å². The van der Waals surface area contributed by atoms with Crippen LogP contribution in [0.5, 0.6) is 11.5 Å². The van der Waals surface area contributed by atoms with Crippen LogP contribution in [-0.4, -0.2) is 16.4 Å². The molecule has 0 fully saturated rings. The van der Waals surface area contributed by atoms with Crippen LogP contribution >= 0.6 is 0 Å². The van der Waals surface area contributed by atoms with Gasteiger partial charge in [-0.05, 0) is 54.4 Å². The Hall–Kier alpha value is -3.92. The van der Waals surface area contributed by atoms with E-state index >= 15 is 0 Å². The van der Waals surface area contributed by atoms with Gasteiger partial charge in [0.2, 0.25) is 6.41 Å². The summed E-state index contributed by atoms with van der Waals surface area (Å²) >= 11 is 0. The highest BCUT2D eigenvalue weighted by Gasteiger charge is 2.08. The molecule has 0 radical (unpaired) electrons. The Morgan fingerprint density at radius 1 is 1.11 bits per heavy atom. The molecule has 0 spiro atoms. The second-order valence-corrected chi connectivity index (χ2v) is 5.58. The van der Waals surface area contributed by atoms with Gasteiger partial charge < -0.3 is 4.74 Å². The van der Waals surface area contributed by atoms with Crippen LogP contribution in [0.1, 0.15) is 18.2 Å². The van der Waals surface area contributed by atoms with Crippen molar-refractivity contribution in [3.63, 3.8) is 0 Å². The predicted molar refractivity (Wildman–Crippen MR) is 101 cm³/mol. The molecule has 0 aliphatic carbocycles. The summed E-state index contributed by atoms with van der Waals surface area (Å²) < 4.78 is 5.71. The van der Waals surface area contributed by atoms with Gasteiger partial charge in [-0.1, -0.05) is 6.92 Å². The highest BCUT2D eigenvalue weighted by Crippen LogP contribution is 2.24. The third-order valence-electron chi connectivity index (χ3n) is 3.76. The number of carbonyl (C=O) groups excluding carboxylic acids is 1. The number of nitrogens with one attached hydrogen (secondary N) is 1. The first-order chi connectivity index (χ1) is 13.2. The molecule has 0 unspecified atom stereocenters. The van der Waals surface area contributed by atoms with Crippen molar-refractivity contribution in [3.8, 4) is 17.6 Å². The molecule has 1 aromatic carbocycles. The molecule has 0 aliphatic rings. The maximum atomic E-state index is 11.4. The third-order valence-corrected chi connectivity index (χ3v) is 3.76. The minimum atomic E-state index is 0.286. The van der Waals surface area contributed by atoms with Crippen LogP contribution in [0, 0.1) is 11.3 Å². The van der Waals surface area contributed by atoms with Crippen molar-refractivity contribution in [2.75, 3.05) is 10.4 Å². The fraction of sp³-hybridized carbons (Fsp3) is 0.100. The Bertz CT molecular complexity index is 967. The number of pyridine rings is 2. The molecule has 0 aliphatic heterocycles. The quantitative estimate of drug-likeness (QED) is 0.511. The molecular formula is C20H17N5O2. The number of benzene rings is 1. The van der Waals surface area contributed by atoms with Crippen LogP contribution in [0.4, 0.5) is 11.5 Å². The number of amides is 1. The van der Waals surface area contributed by atoms with Gasteiger partial charge in [-0.15, -0.1) is 0 Å². The van der Waals surface area contributed by atoms with Crippen LogP contribution in [0.15, 0.2) is 60.9 Å². The van der Waals surface area contributed by atoms with E-state index in [0.29, 0.717) is 29.4 Å². The highest BCUT2D eigenvalue weighted by atomic mass is 16.5. The summed E-state index contributed by atoms with van der Waals surface area (Å²) in [5, 5.41) is 10.2. The van der Waals surface area contributed by atoms with Gasteiger partial charge in [0.05, 0.1) is 5.69 Å². The van der Waals surface area contributed by atoms with Gasteiger partial charge in [-0.3, -0.25) is 10.2 Å². The summed E-state index contributed by atoms with van der Waals surface area (Å²) in [6, 6.07) is 16.0. The standard InChI is InChI=1S/C20H17N5O2/c1-2-15-7-9-23-20(11-15)25(14-26)24-16-3-5-18(6-4-16)27-19-8-10-22-17(12-19)13-21/h3-12,14,24H,2H2,1H3. The third kappa shape index (κ3) is 4.58. The lowest BCUT2D eigenvalue weighted by atomic mass is 10.2. The Morgan fingerprint density at radius 2 is 1.89 bits per heavy atom. The first-order valence-electron chi connectivity index (χ1n) is 8.32. The monoisotopic (exact) mass is 359 g/mol. The lowest BCUT2D eigenvalue weighted by Gasteiger charge is -2.19. The van der Waals surface area contributed by atoms with Crippen LogP contribution < -0.4 is 15.2 Å². The minimum absolute atomic E-state index is 0.286. The van der Waals surface area contributed by atoms with Gasteiger partial charge in [0, 0.05) is 18.5 Å². The van der Waals surface area contributed by atoms with E-state index in [4.69, 9.17) is 10.00 Å². The maximum absolute atomic E-state index is 11.4. The second-order valence-electron chi connectivity index (χ2n) is 5.58. The maximum Gasteiger partial charge on any atom is 0.234 e. The number of ether oxygens (including phenoxy) is 1. The molecule has 0 atom stereocenters. The smallest absolute Gasteiger partial charge is 0.234 e. The van der Waals surface area contributed by atoms with Gasteiger partial charge in [0.25, 0.3) is 0 Å². The lowest BCUT2D eigenvalue weighted by Crippen LogP contribution is -2.28. The van der Waals surface area contributed by atoms with Crippen molar-refractivity contribution in [1.82, 2.24) is 9.97 Å². The number of carbonyl (C=O) groups is 1. The molecule has 1 amide bonds. The van der Waals surface area contributed by atoms with Crippen LogP contribution in [0.3, 0.4) is 0 Å². The fourth-order valence-corrected chi connectivity index (χ4v) is 2.36. The molecule has 7 heteroatoms. The van der Waals surface area contributed by atoms with Gasteiger partial charge in [0.15, 0.2) is 5.82 Å². The van der Waals surface area contributed by atoms with Crippen molar-refractivity contribution >= 4 is 17.9 Å². The molecule has 0 bridgehead atoms. The van der Waals surface area contributed by atoms with E-state index in [1.165, 1.54) is 11.2 Å². The molecular weight excluding hydrogens is 342 g/mol. The zero-order chi connectivity index (χ0) is 19.1. The summed E-state index contributed by atoms with van der Waals surface area (Å²) in [6.45, 7) is 2.04. The summed E-state index contributed by atoms with van der Waals surface area (Å²) in [4.78, 5) is 19.6. The summed E-state index contributed by atoms with van der Waals surface area (Å²) in [5.41, 5.74) is 5.08. The number of hydrogen-bond donors (Lipinski definition) is 1. The number of anilines is 2. The first-order valence-corrected chi connectivity index (χ1v) is 8.32. The molecule has 0 saturated heterocycles. The molecule has 7 nitrogen and oxygen atoms in total. The minimum Gasteiger partial charge on any atom is -0.457 e. The topological polar surface area (TPSA) is 91.1 Å². The normalized spacial score (nSPS) is 9.93. The highest BCUT2D eigenvalue weighted by molar-refractivity contribution is 5.77. The largest absolute Gasteiger partial charge is 0.457 e. The molecule has 3 aromatic rings. The van der Waals surface area contributed by atoms with Gasteiger partial charge in [-0.2, -0.15) is 5.26 Å². The SMILES string of the molecule is CCc1ccnc(N(C=O)Nc2ccc(Oc3ccnc(C#N)c3)cc2)c1. The molecule has 27 heavy (non-hydrogen) atoms. The van der Waals surface area contributed by atoms with Crippen molar-refractivity contribution in [3.05, 3.63) is 72.2 Å². The number of nitriles is 1. The summed E-state index contributed by atoms with van der Waals surface area (Å²) in [7, 11) is 0. The van der Waals surface area contributed by atoms with Crippen LogP contribution in [0.25, 0.3) is 0 Å². The van der Waals surface area contributed by atoms with E-state index in [1.807, 2.05) is 25.1 Å².